The summed E-state index contributed by atoms with van der Waals surface area (Å²) in [4.78, 5) is 44.0. The number of hydrogen-bond donors (Lipinski definition) is 2. The van der Waals surface area contributed by atoms with Gasteiger partial charge in [0.2, 0.25) is 11.8 Å². The van der Waals surface area contributed by atoms with Crippen LogP contribution in [0.15, 0.2) is 66.9 Å². The molecule has 4 rings (SSSR count). The molecule has 1 saturated heterocycles. The molecule has 3 amide bonds. The number of carbonyl (C=O) groups excluding carboxylic acids is 3. The summed E-state index contributed by atoms with van der Waals surface area (Å²) in [6, 6.07) is 17.4. The number of nitrogens with zero attached hydrogens (tertiary/aromatic N) is 2. The lowest BCUT2D eigenvalue weighted by atomic mass is 10.0. The zero-order valence-corrected chi connectivity index (χ0v) is 22.3. The van der Waals surface area contributed by atoms with Crippen LogP contribution in [0.4, 0.5) is 5.69 Å². The van der Waals surface area contributed by atoms with Gasteiger partial charge in [-0.05, 0) is 73.4 Å². The molecule has 39 heavy (non-hydrogen) atoms. The van der Waals surface area contributed by atoms with E-state index in [9.17, 15) is 14.4 Å². The number of amides is 3. The molecule has 204 valence electrons. The van der Waals surface area contributed by atoms with Gasteiger partial charge in [0.15, 0.2) is 11.5 Å². The van der Waals surface area contributed by atoms with E-state index in [4.69, 9.17) is 9.47 Å². The predicted octanol–water partition coefficient (Wildman–Crippen LogP) is 3.98. The van der Waals surface area contributed by atoms with E-state index < -0.39 is 6.04 Å². The minimum absolute atomic E-state index is 0.155. The van der Waals surface area contributed by atoms with Crippen molar-refractivity contribution in [1.82, 2.24) is 15.2 Å². The highest BCUT2D eigenvalue weighted by atomic mass is 16.5. The van der Waals surface area contributed by atoms with Crippen molar-refractivity contribution in [3.05, 3.63) is 83.7 Å². The van der Waals surface area contributed by atoms with Crippen LogP contribution >= 0.6 is 0 Å². The van der Waals surface area contributed by atoms with E-state index in [0.29, 0.717) is 48.7 Å². The highest BCUT2D eigenvalue weighted by Gasteiger charge is 2.31. The van der Waals surface area contributed by atoms with Crippen molar-refractivity contribution < 1.29 is 23.9 Å². The molecule has 0 bridgehead atoms. The van der Waals surface area contributed by atoms with Gasteiger partial charge in [-0.3, -0.25) is 19.4 Å². The third-order valence-corrected chi connectivity index (χ3v) is 6.52. The van der Waals surface area contributed by atoms with E-state index in [-0.39, 0.29) is 24.3 Å². The van der Waals surface area contributed by atoms with Crippen LogP contribution in [0.3, 0.4) is 0 Å². The molecule has 9 nitrogen and oxygen atoms in total. The molecule has 1 atom stereocenters. The van der Waals surface area contributed by atoms with Crippen LogP contribution in [0.2, 0.25) is 0 Å². The van der Waals surface area contributed by atoms with Gasteiger partial charge in [-0.2, -0.15) is 0 Å². The maximum atomic E-state index is 13.7. The number of methoxy groups -OCH3 is 1. The van der Waals surface area contributed by atoms with Gasteiger partial charge in [0.25, 0.3) is 5.91 Å². The SMILES string of the molecule is COc1cc(CN(C(=O)c2ccc(NC(C)=O)cc2)[C@H]2CCCCNC2=O)ccc1OCCc1ccccn1. The summed E-state index contributed by atoms with van der Waals surface area (Å²) < 4.78 is 11.5. The molecule has 2 aromatic carbocycles. The monoisotopic (exact) mass is 530 g/mol. The first kappa shape index (κ1) is 27.6. The predicted molar refractivity (Wildman–Crippen MR) is 148 cm³/mol. The van der Waals surface area contributed by atoms with Crippen molar-refractivity contribution in [1.29, 1.82) is 0 Å². The molecule has 2 N–H and O–H groups in total. The van der Waals surface area contributed by atoms with Crippen LogP contribution in [0.25, 0.3) is 0 Å². The molecule has 1 aliphatic heterocycles. The Balaban J connectivity index is 1.53. The van der Waals surface area contributed by atoms with Gasteiger partial charge in [0.1, 0.15) is 6.04 Å². The fraction of sp³-hybridized carbons (Fsp3) is 0.333. The van der Waals surface area contributed by atoms with Gasteiger partial charge < -0.3 is 25.0 Å². The van der Waals surface area contributed by atoms with Gasteiger partial charge >= 0.3 is 0 Å². The zero-order chi connectivity index (χ0) is 27.6. The van der Waals surface area contributed by atoms with Crippen molar-refractivity contribution in [2.75, 3.05) is 25.6 Å². The lowest BCUT2D eigenvalue weighted by Gasteiger charge is -2.30. The molecule has 0 unspecified atom stereocenters. The number of anilines is 1. The normalized spacial score (nSPS) is 15.0. The second kappa shape index (κ2) is 13.4. The summed E-state index contributed by atoms with van der Waals surface area (Å²) in [5.74, 6) is 0.531. The molecular formula is C30H34N4O5. The molecule has 1 aromatic heterocycles. The number of ether oxygens (including phenoxy) is 2. The molecule has 3 aromatic rings. The van der Waals surface area contributed by atoms with Crippen LogP contribution in [0.1, 0.15) is 47.8 Å². The molecule has 9 heteroatoms. The van der Waals surface area contributed by atoms with Crippen molar-refractivity contribution >= 4 is 23.4 Å². The van der Waals surface area contributed by atoms with E-state index in [2.05, 4.69) is 15.6 Å². The van der Waals surface area contributed by atoms with Crippen molar-refractivity contribution in [2.45, 2.75) is 45.2 Å². The standard InChI is InChI=1S/C30H34N4O5/c1-21(35)33-25-12-10-23(11-13-25)30(37)34(26-8-4-6-17-32-29(26)36)20-22-9-14-27(28(19-22)38-2)39-18-15-24-7-3-5-16-31-24/h3,5,7,9-14,16,19,26H,4,6,8,15,17-18,20H2,1-2H3,(H,32,36)(H,33,35)/t26-/m0/s1. The minimum Gasteiger partial charge on any atom is -0.493 e. The highest BCUT2D eigenvalue weighted by molar-refractivity contribution is 5.98. The van der Waals surface area contributed by atoms with E-state index in [0.717, 1.165) is 24.1 Å². The fourth-order valence-electron chi connectivity index (χ4n) is 4.55. The van der Waals surface area contributed by atoms with Crippen molar-refractivity contribution in [2.24, 2.45) is 0 Å². The maximum Gasteiger partial charge on any atom is 0.254 e. The molecule has 1 aliphatic rings. The number of hydrogen-bond acceptors (Lipinski definition) is 6. The van der Waals surface area contributed by atoms with Crippen LogP contribution in [-0.4, -0.2) is 53.9 Å². The number of aromatic nitrogens is 1. The first-order valence-electron chi connectivity index (χ1n) is 13.1. The second-order valence-electron chi connectivity index (χ2n) is 9.40. The highest BCUT2D eigenvalue weighted by Crippen LogP contribution is 2.30. The van der Waals surface area contributed by atoms with E-state index >= 15 is 0 Å². The Morgan fingerprint density at radius 1 is 1.08 bits per heavy atom. The lowest BCUT2D eigenvalue weighted by molar-refractivity contribution is -0.125. The summed E-state index contributed by atoms with van der Waals surface area (Å²) >= 11 is 0. The lowest BCUT2D eigenvalue weighted by Crippen LogP contribution is -2.48. The van der Waals surface area contributed by atoms with Crippen molar-refractivity contribution in [3.8, 4) is 11.5 Å². The van der Waals surface area contributed by atoms with Crippen LogP contribution < -0.4 is 20.1 Å². The smallest absolute Gasteiger partial charge is 0.254 e. The Labute approximate surface area is 228 Å². The van der Waals surface area contributed by atoms with Crippen molar-refractivity contribution in [3.63, 3.8) is 0 Å². The molecule has 0 aliphatic carbocycles. The number of rotatable bonds is 10. The molecule has 2 heterocycles. The Hall–Kier alpha value is -4.40. The van der Waals surface area contributed by atoms with Gasteiger partial charge in [0.05, 0.1) is 13.7 Å². The average molecular weight is 531 g/mol. The summed E-state index contributed by atoms with van der Waals surface area (Å²) in [6.45, 7) is 2.68. The molecular weight excluding hydrogens is 496 g/mol. The average Bonchev–Trinajstić information content (AvgIpc) is 3.16. The Kier molecular flexibility index (Phi) is 9.50. The summed E-state index contributed by atoms with van der Waals surface area (Å²) in [5.41, 5.74) is 2.78. The summed E-state index contributed by atoms with van der Waals surface area (Å²) in [6.07, 6.45) is 4.69. The molecule has 0 saturated carbocycles. The minimum atomic E-state index is -0.602. The van der Waals surface area contributed by atoms with Crippen LogP contribution in [0, 0.1) is 0 Å². The van der Waals surface area contributed by atoms with Crippen LogP contribution in [0.5, 0.6) is 11.5 Å². The number of pyridine rings is 1. The van der Waals surface area contributed by atoms with Gasteiger partial charge in [-0.1, -0.05) is 12.1 Å². The quantitative estimate of drug-likeness (QED) is 0.410. The first-order chi connectivity index (χ1) is 18.9. The third-order valence-electron chi connectivity index (χ3n) is 6.52. The Morgan fingerprint density at radius 2 is 1.90 bits per heavy atom. The number of nitrogens with one attached hydrogen (secondary N) is 2. The summed E-state index contributed by atoms with van der Waals surface area (Å²) in [5, 5.41) is 5.64. The summed E-state index contributed by atoms with van der Waals surface area (Å²) in [7, 11) is 1.57. The second-order valence-corrected chi connectivity index (χ2v) is 9.40. The molecule has 0 spiro atoms. The number of carbonyl (C=O) groups is 3. The largest absolute Gasteiger partial charge is 0.493 e. The molecule has 0 radical (unpaired) electrons. The Bertz CT molecular complexity index is 1280. The van der Waals surface area contributed by atoms with E-state index in [1.807, 2.05) is 36.4 Å². The van der Waals surface area contributed by atoms with Gasteiger partial charge in [0, 0.05) is 49.6 Å². The van der Waals surface area contributed by atoms with E-state index in [1.165, 1.54) is 6.92 Å². The van der Waals surface area contributed by atoms with Crippen LogP contribution in [-0.2, 0) is 22.6 Å². The fourth-order valence-corrected chi connectivity index (χ4v) is 4.55. The van der Waals surface area contributed by atoms with E-state index in [1.54, 1.807) is 42.5 Å². The molecule has 1 fully saturated rings. The van der Waals surface area contributed by atoms with Gasteiger partial charge in [-0.25, -0.2) is 0 Å². The number of benzene rings is 2. The first-order valence-corrected chi connectivity index (χ1v) is 13.1. The third kappa shape index (κ3) is 7.56. The van der Waals surface area contributed by atoms with Gasteiger partial charge in [-0.15, -0.1) is 0 Å². The Morgan fingerprint density at radius 3 is 2.62 bits per heavy atom. The topological polar surface area (TPSA) is 110 Å². The zero-order valence-electron chi connectivity index (χ0n) is 22.3. The maximum absolute atomic E-state index is 13.7.